The van der Waals surface area contributed by atoms with Gasteiger partial charge in [0.15, 0.2) is 0 Å². The van der Waals surface area contributed by atoms with Crippen LogP contribution in [0.25, 0.3) is 0 Å². The number of thiophene rings is 1. The van der Waals surface area contributed by atoms with E-state index in [9.17, 15) is 4.79 Å². The third-order valence-electron chi connectivity index (χ3n) is 2.64. The molecule has 3 nitrogen and oxygen atoms in total. The molecule has 2 heterocycles. The number of carbonyl (C=O) groups excluding carboxylic acids is 1. The SMILES string of the molecule is CC1CCN(C(=O)c2ccc(C#N)s2)C1. The molecule has 1 aromatic rings. The molecule has 0 aliphatic carbocycles. The topological polar surface area (TPSA) is 44.1 Å². The minimum atomic E-state index is 0.0749. The Bertz CT molecular complexity index is 418. The van der Waals surface area contributed by atoms with Gasteiger partial charge in [-0.05, 0) is 24.5 Å². The summed E-state index contributed by atoms with van der Waals surface area (Å²) in [5.74, 6) is 0.676. The summed E-state index contributed by atoms with van der Waals surface area (Å²) in [7, 11) is 0. The molecule has 15 heavy (non-hydrogen) atoms. The van der Waals surface area contributed by atoms with Crippen LogP contribution in [0.15, 0.2) is 12.1 Å². The summed E-state index contributed by atoms with van der Waals surface area (Å²) in [4.78, 5) is 15.1. The Morgan fingerprint density at radius 3 is 3.00 bits per heavy atom. The molecular formula is C11H12N2OS. The molecule has 1 aliphatic heterocycles. The first-order valence-corrected chi connectivity index (χ1v) is 5.81. The number of nitrogens with zero attached hydrogens (tertiary/aromatic N) is 2. The van der Waals surface area contributed by atoms with Gasteiger partial charge in [-0.3, -0.25) is 4.79 Å². The molecule has 1 unspecified atom stereocenters. The van der Waals surface area contributed by atoms with Crippen molar-refractivity contribution in [3.8, 4) is 6.07 Å². The second-order valence-corrected chi connectivity index (χ2v) is 5.00. The van der Waals surface area contributed by atoms with Gasteiger partial charge in [-0.1, -0.05) is 6.92 Å². The van der Waals surface area contributed by atoms with Crippen molar-refractivity contribution in [3.63, 3.8) is 0 Å². The van der Waals surface area contributed by atoms with Gasteiger partial charge in [0, 0.05) is 13.1 Å². The fourth-order valence-corrected chi connectivity index (χ4v) is 2.56. The number of amides is 1. The molecule has 1 saturated heterocycles. The van der Waals surface area contributed by atoms with Crippen molar-refractivity contribution in [2.75, 3.05) is 13.1 Å². The van der Waals surface area contributed by atoms with Crippen LogP contribution in [-0.4, -0.2) is 23.9 Å². The van der Waals surface area contributed by atoms with E-state index in [1.54, 1.807) is 12.1 Å². The monoisotopic (exact) mass is 220 g/mol. The third kappa shape index (κ3) is 2.02. The maximum Gasteiger partial charge on any atom is 0.263 e. The Balaban J connectivity index is 2.11. The maximum absolute atomic E-state index is 11.9. The number of carbonyl (C=O) groups is 1. The highest BCUT2D eigenvalue weighted by molar-refractivity contribution is 7.14. The van der Waals surface area contributed by atoms with Gasteiger partial charge < -0.3 is 4.90 Å². The lowest BCUT2D eigenvalue weighted by molar-refractivity contribution is 0.0793. The summed E-state index contributed by atoms with van der Waals surface area (Å²) >= 11 is 1.28. The zero-order valence-corrected chi connectivity index (χ0v) is 9.38. The van der Waals surface area contributed by atoms with Crippen LogP contribution in [0.3, 0.4) is 0 Å². The molecule has 0 N–H and O–H groups in total. The van der Waals surface area contributed by atoms with Crippen molar-refractivity contribution >= 4 is 17.2 Å². The average molecular weight is 220 g/mol. The molecule has 1 aromatic heterocycles. The number of likely N-dealkylation sites (tertiary alicyclic amines) is 1. The summed E-state index contributed by atoms with van der Waals surface area (Å²) in [6, 6.07) is 5.50. The van der Waals surface area contributed by atoms with Gasteiger partial charge in [0.05, 0.1) is 4.88 Å². The van der Waals surface area contributed by atoms with Crippen LogP contribution in [0.4, 0.5) is 0 Å². The lowest BCUT2D eigenvalue weighted by Crippen LogP contribution is -2.27. The molecule has 0 saturated carbocycles. The molecule has 4 heteroatoms. The smallest absolute Gasteiger partial charge is 0.263 e. The van der Waals surface area contributed by atoms with E-state index in [2.05, 4.69) is 6.92 Å². The molecule has 1 fully saturated rings. The zero-order chi connectivity index (χ0) is 10.8. The first-order valence-electron chi connectivity index (χ1n) is 5.00. The van der Waals surface area contributed by atoms with E-state index in [0.29, 0.717) is 15.7 Å². The van der Waals surface area contributed by atoms with E-state index in [1.165, 1.54) is 11.3 Å². The summed E-state index contributed by atoms with van der Waals surface area (Å²) < 4.78 is 0. The van der Waals surface area contributed by atoms with E-state index < -0.39 is 0 Å². The number of hydrogen-bond donors (Lipinski definition) is 0. The highest BCUT2D eigenvalue weighted by atomic mass is 32.1. The Morgan fingerprint density at radius 2 is 2.47 bits per heavy atom. The summed E-state index contributed by atoms with van der Waals surface area (Å²) in [5, 5.41) is 8.68. The number of nitriles is 1. The molecule has 78 valence electrons. The van der Waals surface area contributed by atoms with Gasteiger partial charge in [0.2, 0.25) is 0 Å². The van der Waals surface area contributed by atoms with Crippen LogP contribution in [0.1, 0.15) is 27.9 Å². The van der Waals surface area contributed by atoms with Crippen molar-refractivity contribution in [3.05, 3.63) is 21.9 Å². The molecule has 0 bridgehead atoms. The largest absolute Gasteiger partial charge is 0.338 e. The number of hydrogen-bond acceptors (Lipinski definition) is 3. The predicted molar refractivity (Wildman–Crippen MR) is 58.7 cm³/mol. The van der Waals surface area contributed by atoms with Crippen LogP contribution in [0.2, 0.25) is 0 Å². The molecule has 2 rings (SSSR count). The summed E-state index contributed by atoms with van der Waals surface area (Å²) in [5.41, 5.74) is 0. The van der Waals surface area contributed by atoms with E-state index in [1.807, 2.05) is 11.0 Å². The quantitative estimate of drug-likeness (QED) is 0.727. The van der Waals surface area contributed by atoms with Crippen molar-refractivity contribution in [1.29, 1.82) is 5.26 Å². The van der Waals surface area contributed by atoms with E-state index in [4.69, 9.17) is 5.26 Å². The summed E-state index contributed by atoms with van der Waals surface area (Å²) in [6.45, 7) is 3.85. The molecule has 1 amide bonds. The first-order chi connectivity index (χ1) is 7.20. The van der Waals surface area contributed by atoms with Gasteiger partial charge >= 0.3 is 0 Å². The maximum atomic E-state index is 11.9. The standard InChI is InChI=1S/C11H12N2OS/c1-8-4-5-13(7-8)11(14)10-3-2-9(6-12)15-10/h2-3,8H,4-5,7H2,1H3. The van der Waals surface area contributed by atoms with Gasteiger partial charge in [-0.15, -0.1) is 11.3 Å². The minimum Gasteiger partial charge on any atom is -0.338 e. The Hall–Kier alpha value is -1.34. The Morgan fingerprint density at radius 1 is 1.67 bits per heavy atom. The first kappa shape index (κ1) is 10.2. The van der Waals surface area contributed by atoms with Crippen molar-refractivity contribution in [2.45, 2.75) is 13.3 Å². The lowest BCUT2D eigenvalue weighted by atomic mass is 10.2. The molecule has 1 aliphatic rings. The second kappa shape index (κ2) is 4.03. The van der Waals surface area contributed by atoms with Crippen LogP contribution in [0, 0.1) is 17.2 Å². The second-order valence-electron chi connectivity index (χ2n) is 3.92. The van der Waals surface area contributed by atoms with E-state index >= 15 is 0 Å². The highest BCUT2D eigenvalue weighted by Crippen LogP contribution is 2.22. The van der Waals surface area contributed by atoms with Gasteiger partial charge in [-0.25, -0.2) is 0 Å². The van der Waals surface area contributed by atoms with E-state index in [0.717, 1.165) is 19.5 Å². The van der Waals surface area contributed by atoms with Crippen LogP contribution in [-0.2, 0) is 0 Å². The van der Waals surface area contributed by atoms with Crippen LogP contribution in [0.5, 0.6) is 0 Å². The molecule has 0 aromatic carbocycles. The Labute approximate surface area is 92.9 Å². The minimum absolute atomic E-state index is 0.0749. The third-order valence-corrected chi connectivity index (χ3v) is 3.62. The predicted octanol–water partition coefficient (Wildman–Crippen LogP) is 2.10. The molecular weight excluding hydrogens is 208 g/mol. The number of rotatable bonds is 1. The van der Waals surface area contributed by atoms with Gasteiger partial charge in [-0.2, -0.15) is 5.26 Å². The zero-order valence-electron chi connectivity index (χ0n) is 8.56. The molecule has 0 spiro atoms. The van der Waals surface area contributed by atoms with Crippen molar-refractivity contribution < 1.29 is 4.79 Å². The molecule has 1 atom stereocenters. The fourth-order valence-electron chi connectivity index (χ4n) is 1.79. The average Bonchev–Trinajstić information content (AvgIpc) is 2.84. The van der Waals surface area contributed by atoms with Crippen molar-refractivity contribution in [2.24, 2.45) is 5.92 Å². The van der Waals surface area contributed by atoms with E-state index in [-0.39, 0.29) is 5.91 Å². The lowest BCUT2D eigenvalue weighted by Gasteiger charge is -2.14. The summed E-state index contributed by atoms with van der Waals surface area (Å²) in [6.07, 6.45) is 1.09. The van der Waals surface area contributed by atoms with Crippen LogP contribution >= 0.6 is 11.3 Å². The molecule has 0 radical (unpaired) electrons. The fraction of sp³-hybridized carbons (Fsp3) is 0.455. The highest BCUT2D eigenvalue weighted by Gasteiger charge is 2.24. The van der Waals surface area contributed by atoms with Gasteiger partial charge in [0.25, 0.3) is 5.91 Å². The Kier molecular flexibility index (Phi) is 2.74. The normalized spacial score (nSPS) is 20.3. The van der Waals surface area contributed by atoms with Crippen LogP contribution < -0.4 is 0 Å². The van der Waals surface area contributed by atoms with Crippen molar-refractivity contribution in [1.82, 2.24) is 4.90 Å². The van der Waals surface area contributed by atoms with Gasteiger partial charge in [0.1, 0.15) is 10.9 Å².